The monoisotopic (exact) mass is 483 g/mol. The van der Waals surface area contributed by atoms with Gasteiger partial charge in [-0.1, -0.05) is 103 Å². The van der Waals surface area contributed by atoms with Crippen LogP contribution >= 0.6 is 0 Å². The van der Waals surface area contributed by atoms with Gasteiger partial charge in [0.15, 0.2) is 5.78 Å². The van der Waals surface area contributed by atoms with E-state index in [2.05, 4.69) is 0 Å². The van der Waals surface area contributed by atoms with E-state index in [4.69, 9.17) is 4.74 Å². The molecule has 0 bridgehead atoms. The van der Waals surface area contributed by atoms with Crippen LogP contribution in [0.5, 0.6) is 5.75 Å². The van der Waals surface area contributed by atoms with E-state index in [0.29, 0.717) is 22.6 Å². The molecular formula is C32H21NO4. The SMILES string of the molecule is O=C(C1=C(c2ccccc2)Oc2ccc3ccccc3c2C1c1ccc([N+](=O)[O-])cc1)c1ccccc1. The van der Waals surface area contributed by atoms with Gasteiger partial charge in [0.25, 0.3) is 5.69 Å². The lowest BCUT2D eigenvalue weighted by molar-refractivity contribution is -0.384. The number of Topliss-reactive ketones (excluding diaryl/α,β-unsaturated/α-hetero) is 1. The van der Waals surface area contributed by atoms with Gasteiger partial charge < -0.3 is 4.74 Å². The fourth-order valence-corrected chi connectivity index (χ4v) is 5.01. The molecule has 5 heteroatoms. The summed E-state index contributed by atoms with van der Waals surface area (Å²) in [5.41, 5.74) is 3.47. The van der Waals surface area contributed by atoms with Crippen molar-refractivity contribution in [1.29, 1.82) is 0 Å². The zero-order chi connectivity index (χ0) is 25.4. The highest BCUT2D eigenvalue weighted by atomic mass is 16.6. The van der Waals surface area contributed by atoms with Gasteiger partial charge in [-0.25, -0.2) is 0 Å². The number of ether oxygens (including phenoxy) is 1. The molecule has 0 radical (unpaired) electrons. The molecule has 6 rings (SSSR count). The van der Waals surface area contributed by atoms with Crippen LogP contribution in [-0.2, 0) is 0 Å². The molecule has 0 fully saturated rings. The third-order valence-electron chi connectivity index (χ3n) is 6.72. The number of rotatable bonds is 5. The first-order chi connectivity index (χ1) is 18.1. The Labute approximate surface area is 213 Å². The fourth-order valence-electron chi connectivity index (χ4n) is 5.01. The van der Waals surface area contributed by atoms with E-state index in [1.807, 2.05) is 84.9 Å². The number of nitro benzene ring substituents is 1. The maximum Gasteiger partial charge on any atom is 0.269 e. The van der Waals surface area contributed by atoms with Crippen molar-refractivity contribution in [1.82, 2.24) is 0 Å². The van der Waals surface area contributed by atoms with Gasteiger partial charge in [-0.05, 0) is 22.4 Å². The van der Waals surface area contributed by atoms with E-state index in [1.54, 1.807) is 24.3 Å². The molecule has 5 nitrogen and oxygen atoms in total. The fraction of sp³-hybridized carbons (Fsp3) is 0.0312. The highest BCUT2D eigenvalue weighted by Crippen LogP contribution is 2.49. The molecule has 1 aliphatic heterocycles. The van der Waals surface area contributed by atoms with E-state index in [1.165, 1.54) is 12.1 Å². The molecule has 0 aliphatic carbocycles. The first kappa shape index (κ1) is 22.4. The van der Waals surface area contributed by atoms with Crippen molar-refractivity contribution in [3.8, 4) is 5.75 Å². The molecule has 5 aromatic carbocycles. The minimum Gasteiger partial charge on any atom is -0.456 e. The number of fused-ring (bicyclic) bond motifs is 3. The Morgan fingerprint density at radius 1 is 0.730 bits per heavy atom. The summed E-state index contributed by atoms with van der Waals surface area (Å²) in [4.78, 5) is 25.2. The predicted molar refractivity (Wildman–Crippen MR) is 144 cm³/mol. The van der Waals surface area contributed by atoms with E-state index in [-0.39, 0.29) is 11.5 Å². The average Bonchev–Trinajstić information content (AvgIpc) is 2.96. The first-order valence-corrected chi connectivity index (χ1v) is 11.9. The normalized spacial score (nSPS) is 14.6. The van der Waals surface area contributed by atoms with Crippen LogP contribution in [0.2, 0.25) is 0 Å². The molecular weight excluding hydrogens is 462 g/mol. The van der Waals surface area contributed by atoms with Gasteiger partial charge in [-0.15, -0.1) is 0 Å². The number of allylic oxidation sites excluding steroid dienone is 1. The Morgan fingerprint density at radius 3 is 2.08 bits per heavy atom. The van der Waals surface area contributed by atoms with Crippen LogP contribution < -0.4 is 4.74 Å². The molecule has 1 unspecified atom stereocenters. The number of non-ortho nitro benzene ring substituents is 1. The summed E-state index contributed by atoms with van der Waals surface area (Å²) < 4.78 is 6.55. The lowest BCUT2D eigenvalue weighted by Crippen LogP contribution is -2.22. The molecule has 0 saturated carbocycles. The minimum absolute atomic E-state index is 0.00264. The third-order valence-corrected chi connectivity index (χ3v) is 6.72. The third kappa shape index (κ3) is 3.96. The van der Waals surface area contributed by atoms with Gasteiger partial charge in [0.1, 0.15) is 11.5 Å². The molecule has 1 aliphatic rings. The highest BCUT2D eigenvalue weighted by molar-refractivity contribution is 6.15. The quantitative estimate of drug-likeness (QED) is 0.147. The number of carbonyl (C=O) groups excluding carboxylic acids is 1. The van der Waals surface area contributed by atoms with Gasteiger partial charge in [-0.3, -0.25) is 14.9 Å². The second-order valence-corrected chi connectivity index (χ2v) is 8.89. The average molecular weight is 484 g/mol. The summed E-state index contributed by atoms with van der Waals surface area (Å²) >= 11 is 0. The number of nitrogens with zero attached hydrogens (tertiary/aromatic N) is 1. The number of nitro groups is 1. The van der Waals surface area contributed by atoms with Crippen LogP contribution in [0.3, 0.4) is 0 Å². The van der Waals surface area contributed by atoms with Crippen molar-refractivity contribution >= 4 is 28.0 Å². The number of hydrogen-bond donors (Lipinski definition) is 0. The van der Waals surface area contributed by atoms with Crippen LogP contribution in [0.4, 0.5) is 5.69 Å². The summed E-state index contributed by atoms with van der Waals surface area (Å²) in [6.45, 7) is 0. The van der Waals surface area contributed by atoms with E-state index < -0.39 is 10.8 Å². The van der Waals surface area contributed by atoms with Crippen LogP contribution in [-0.4, -0.2) is 10.7 Å². The highest BCUT2D eigenvalue weighted by Gasteiger charge is 2.37. The summed E-state index contributed by atoms with van der Waals surface area (Å²) in [5.74, 6) is 0.492. The molecule has 5 aromatic rings. The Morgan fingerprint density at radius 2 is 1.38 bits per heavy atom. The van der Waals surface area contributed by atoms with Crippen molar-refractivity contribution in [2.24, 2.45) is 0 Å². The lowest BCUT2D eigenvalue weighted by Gasteiger charge is -2.32. The summed E-state index contributed by atoms with van der Waals surface area (Å²) in [6, 6.07) is 37.1. The first-order valence-electron chi connectivity index (χ1n) is 11.9. The van der Waals surface area contributed by atoms with Gasteiger partial charge in [0, 0.05) is 34.7 Å². The number of ketones is 1. The van der Waals surface area contributed by atoms with E-state index >= 15 is 0 Å². The van der Waals surface area contributed by atoms with Crippen LogP contribution in [0.1, 0.15) is 33.0 Å². The van der Waals surface area contributed by atoms with Gasteiger partial charge in [-0.2, -0.15) is 0 Å². The molecule has 0 spiro atoms. The van der Waals surface area contributed by atoms with Gasteiger partial charge >= 0.3 is 0 Å². The molecule has 1 heterocycles. The number of benzene rings is 5. The molecule has 1 atom stereocenters. The second kappa shape index (κ2) is 9.21. The summed E-state index contributed by atoms with van der Waals surface area (Å²) in [5, 5.41) is 13.4. The Hall–Kier alpha value is -5.03. The molecule has 0 amide bonds. The topological polar surface area (TPSA) is 69.4 Å². The number of hydrogen-bond acceptors (Lipinski definition) is 4. The Bertz CT molecular complexity index is 1670. The zero-order valence-corrected chi connectivity index (χ0v) is 19.7. The Balaban J connectivity index is 1.68. The molecule has 0 saturated heterocycles. The summed E-state index contributed by atoms with van der Waals surface area (Å²) in [7, 11) is 0. The maximum absolute atomic E-state index is 14.2. The largest absolute Gasteiger partial charge is 0.456 e. The van der Waals surface area contributed by atoms with Crippen LogP contribution in [0.25, 0.3) is 16.5 Å². The standard InChI is InChI=1S/C32H21NO4/c34-31(23-10-3-1-4-11-23)30-28(22-15-18-25(19-16-22)33(35)36)29-26-14-8-7-9-21(26)17-20-27(29)37-32(30)24-12-5-2-6-13-24/h1-20,28H. The molecule has 0 N–H and O–H groups in total. The maximum atomic E-state index is 14.2. The van der Waals surface area contributed by atoms with Crippen molar-refractivity contribution < 1.29 is 14.5 Å². The van der Waals surface area contributed by atoms with Crippen molar-refractivity contribution in [3.05, 3.63) is 159 Å². The second-order valence-electron chi connectivity index (χ2n) is 8.89. The van der Waals surface area contributed by atoms with Crippen molar-refractivity contribution in [2.75, 3.05) is 0 Å². The molecule has 0 aromatic heterocycles. The predicted octanol–water partition coefficient (Wildman–Crippen LogP) is 7.57. The van der Waals surface area contributed by atoms with E-state index in [0.717, 1.165) is 27.5 Å². The number of carbonyl (C=O) groups is 1. The molecule has 37 heavy (non-hydrogen) atoms. The molecule has 178 valence electrons. The van der Waals surface area contributed by atoms with Gasteiger partial charge in [0.05, 0.1) is 10.5 Å². The Kier molecular flexibility index (Phi) is 5.58. The smallest absolute Gasteiger partial charge is 0.269 e. The summed E-state index contributed by atoms with van der Waals surface area (Å²) in [6.07, 6.45) is 0. The van der Waals surface area contributed by atoms with Crippen molar-refractivity contribution in [3.63, 3.8) is 0 Å². The van der Waals surface area contributed by atoms with Crippen LogP contribution in [0.15, 0.2) is 127 Å². The minimum atomic E-state index is -0.501. The van der Waals surface area contributed by atoms with E-state index in [9.17, 15) is 14.9 Å². The van der Waals surface area contributed by atoms with Crippen LogP contribution in [0, 0.1) is 10.1 Å². The van der Waals surface area contributed by atoms with Gasteiger partial charge in [0.2, 0.25) is 0 Å². The lowest BCUT2D eigenvalue weighted by atomic mass is 9.76. The zero-order valence-electron chi connectivity index (χ0n) is 19.7. The van der Waals surface area contributed by atoms with Crippen molar-refractivity contribution in [2.45, 2.75) is 5.92 Å².